The largest absolute Gasteiger partial charge is 0.444 e. The van der Waals surface area contributed by atoms with Crippen LogP contribution in [0.4, 0.5) is 5.69 Å². The van der Waals surface area contributed by atoms with Gasteiger partial charge in [0.2, 0.25) is 23.0 Å². The molecule has 1 aliphatic heterocycles. The van der Waals surface area contributed by atoms with Gasteiger partial charge in [0.15, 0.2) is 5.69 Å². The SMILES string of the molecule is O=C(c1ccccc1)[C@H]1Nc2ccccc2-c2nnc(SCc3ccc(Cl)cc3)nc2O1. The highest BCUT2D eigenvalue weighted by atomic mass is 35.5. The summed E-state index contributed by atoms with van der Waals surface area (Å²) in [5.41, 5.74) is 3.64. The molecule has 4 aromatic rings. The van der Waals surface area contributed by atoms with Crippen molar-refractivity contribution in [1.82, 2.24) is 15.2 Å². The third-order valence-electron chi connectivity index (χ3n) is 4.91. The first-order chi connectivity index (χ1) is 15.7. The summed E-state index contributed by atoms with van der Waals surface area (Å²) in [4.78, 5) is 17.7. The molecule has 1 aromatic heterocycles. The van der Waals surface area contributed by atoms with E-state index in [0.717, 1.165) is 16.8 Å². The molecule has 0 saturated heterocycles. The zero-order valence-corrected chi connectivity index (χ0v) is 18.3. The summed E-state index contributed by atoms with van der Waals surface area (Å²) in [5, 5.41) is 13.0. The summed E-state index contributed by atoms with van der Waals surface area (Å²) < 4.78 is 6.06. The summed E-state index contributed by atoms with van der Waals surface area (Å²) in [6, 6.07) is 24.2. The van der Waals surface area contributed by atoms with Gasteiger partial charge in [-0.3, -0.25) is 4.79 Å². The van der Waals surface area contributed by atoms with Crippen molar-refractivity contribution in [3.63, 3.8) is 0 Å². The highest BCUT2D eigenvalue weighted by Crippen LogP contribution is 2.37. The Morgan fingerprint density at radius 2 is 1.72 bits per heavy atom. The number of ether oxygens (including phenoxy) is 1. The molecule has 5 rings (SSSR count). The summed E-state index contributed by atoms with van der Waals surface area (Å²) in [7, 11) is 0. The van der Waals surface area contributed by atoms with Gasteiger partial charge in [-0.15, -0.1) is 10.2 Å². The van der Waals surface area contributed by atoms with E-state index in [0.29, 0.717) is 27.2 Å². The Bertz CT molecular complexity index is 1270. The van der Waals surface area contributed by atoms with E-state index < -0.39 is 6.23 Å². The summed E-state index contributed by atoms with van der Waals surface area (Å²) in [6.45, 7) is 0. The fraction of sp³-hybridized carbons (Fsp3) is 0.0833. The molecule has 1 atom stereocenters. The van der Waals surface area contributed by atoms with Crippen molar-refractivity contribution in [2.75, 3.05) is 5.32 Å². The maximum absolute atomic E-state index is 13.1. The minimum absolute atomic E-state index is 0.192. The Hall–Kier alpha value is -3.42. The second kappa shape index (κ2) is 8.98. The second-order valence-corrected chi connectivity index (χ2v) is 8.46. The van der Waals surface area contributed by atoms with Crippen LogP contribution in [0.5, 0.6) is 5.88 Å². The van der Waals surface area contributed by atoms with Gasteiger partial charge in [-0.25, -0.2) is 0 Å². The Morgan fingerprint density at radius 1 is 0.969 bits per heavy atom. The molecule has 8 heteroatoms. The van der Waals surface area contributed by atoms with Crippen molar-refractivity contribution < 1.29 is 9.53 Å². The number of hydrogen-bond acceptors (Lipinski definition) is 7. The first kappa shape index (κ1) is 20.5. The van der Waals surface area contributed by atoms with Crippen LogP contribution in [-0.4, -0.2) is 27.2 Å². The lowest BCUT2D eigenvalue weighted by atomic mass is 10.1. The summed E-state index contributed by atoms with van der Waals surface area (Å²) in [5.74, 6) is 0.728. The van der Waals surface area contributed by atoms with Crippen LogP contribution in [0.25, 0.3) is 11.3 Å². The van der Waals surface area contributed by atoms with E-state index in [-0.39, 0.29) is 11.7 Å². The smallest absolute Gasteiger partial charge is 0.247 e. The molecule has 2 heterocycles. The molecule has 0 spiro atoms. The Balaban J connectivity index is 1.46. The van der Waals surface area contributed by atoms with Crippen LogP contribution in [0.2, 0.25) is 5.02 Å². The number of thioether (sulfide) groups is 1. The van der Waals surface area contributed by atoms with Crippen molar-refractivity contribution >= 4 is 34.8 Å². The molecule has 158 valence electrons. The number of anilines is 1. The number of carbonyl (C=O) groups excluding carboxylic acids is 1. The minimum atomic E-state index is -0.939. The first-order valence-electron chi connectivity index (χ1n) is 9.91. The van der Waals surface area contributed by atoms with E-state index in [2.05, 4.69) is 20.5 Å². The quantitative estimate of drug-likeness (QED) is 0.311. The van der Waals surface area contributed by atoms with E-state index in [1.807, 2.05) is 66.7 Å². The van der Waals surface area contributed by atoms with Crippen LogP contribution >= 0.6 is 23.4 Å². The number of aromatic nitrogens is 3. The summed E-state index contributed by atoms with van der Waals surface area (Å²) >= 11 is 7.39. The third-order valence-corrected chi connectivity index (χ3v) is 6.07. The first-order valence-corrected chi connectivity index (χ1v) is 11.3. The molecule has 0 aliphatic carbocycles. The van der Waals surface area contributed by atoms with Gasteiger partial charge in [0.1, 0.15) is 0 Å². The number of ketones is 1. The average Bonchev–Trinajstić information content (AvgIpc) is 3.00. The highest BCUT2D eigenvalue weighted by Gasteiger charge is 2.30. The number of rotatable bonds is 5. The normalized spacial score (nSPS) is 14.3. The fourth-order valence-corrected chi connectivity index (χ4v) is 4.17. The monoisotopic (exact) mass is 460 g/mol. The molecule has 0 amide bonds. The Morgan fingerprint density at radius 3 is 2.53 bits per heavy atom. The molecule has 1 N–H and O–H groups in total. The Kier molecular flexibility index (Phi) is 5.75. The lowest BCUT2D eigenvalue weighted by molar-refractivity contribution is 0.0823. The van der Waals surface area contributed by atoms with E-state index in [9.17, 15) is 4.79 Å². The number of nitrogens with one attached hydrogen (secondary N) is 1. The molecule has 0 bridgehead atoms. The number of fused-ring (bicyclic) bond motifs is 3. The standard InChI is InChI=1S/C24H17ClN4O2S/c25-17-12-10-15(11-13-17)14-32-24-27-22-20(28-29-24)18-8-4-5-9-19(18)26-23(31-22)21(30)16-6-2-1-3-7-16/h1-13,23,26H,14H2/t23-/m0/s1. The molecule has 6 nitrogen and oxygen atoms in total. The number of para-hydroxylation sites is 1. The number of hydrogen-bond donors (Lipinski definition) is 1. The molecular weight excluding hydrogens is 444 g/mol. The highest BCUT2D eigenvalue weighted by molar-refractivity contribution is 7.98. The van der Waals surface area contributed by atoms with Crippen LogP contribution < -0.4 is 10.1 Å². The van der Waals surface area contributed by atoms with Crippen LogP contribution in [0, 0.1) is 0 Å². The van der Waals surface area contributed by atoms with Crippen molar-refractivity contribution in [3.8, 4) is 17.1 Å². The molecule has 0 unspecified atom stereocenters. The van der Waals surface area contributed by atoms with Crippen LogP contribution in [-0.2, 0) is 5.75 Å². The predicted molar refractivity (Wildman–Crippen MR) is 125 cm³/mol. The van der Waals surface area contributed by atoms with E-state index in [1.54, 1.807) is 12.1 Å². The lowest BCUT2D eigenvalue weighted by Crippen LogP contribution is -2.35. The molecule has 1 aliphatic rings. The minimum Gasteiger partial charge on any atom is -0.444 e. The second-order valence-electron chi connectivity index (χ2n) is 7.08. The molecule has 32 heavy (non-hydrogen) atoms. The molecule has 0 radical (unpaired) electrons. The van der Waals surface area contributed by atoms with E-state index in [1.165, 1.54) is 11.8 Å². The van der Waals surface area contributed by atoms with E-state index in [4.69, 9.17) is 16.3 Å². The molecule has 0 fully saturated rings. The van der Waals surface area contributed by atoms with Gasteiger partial charge in [-0.2, -0.15) is 4.98 Å². The average molecular weight is 461 g/mol. The maximum Gasteiger partial charge on any atom is 0.247 e. The zero-order chi connectivity index (χ0) is 21.9. The molecule has 0 saturated carbocycles. The maximum atomic E-state index is 13.1. The summed E-state index contributed by atoms with van der Waals surface area (Å²) in [6.07, 6.45) is -0.939. The number of halogens is 1. The van der Waals surface area contributed by atoms with Crippen LogP contribution in [0.3, 0.4) is 0 Å². The van der Waals surface area contributed by atoms with Gasteiger partial charge >= 0.3 is 0 Å². The fourth-order valence-electron chi connectivity index (χ4n) is 3.31. The lowest BCUT2D eigenvalue weighted by Gasteiger charge is -2.17. The van der Waals surface area contributed by atoms with Crippen molar-refractivity contribution in [2.45, 2.75) is 17.1 Å². The van der Waals surface area contributed by atoms with Crippen molar-refractivity contribution in [2.24, 2.45) is 0 Å². The number of benzene rings is 3. The van der Waals surface area contributed by atoms with Gasteiger partial charge in [0.05, 0.1) is 0 Å². The third kappa shape index (κ3) is 4.30. The predicted octanol–water partition coefficient (Wildman–Crippen LogP) is 5.50. The van der Waals surface area contributed by atoms with Crippen molar-refractivity contribution in [3.05, 3.63) is 95.0 Å². The van der Waals surface area contributed by atoms with Gasteiger partial charge in [0.25, 0.3) is 0 Å². The topological polar surface area (TPSA) is 77.0 Å². The van der Waals surface area contributed by atoms with Crippen molar-refractivity contribution in [1.29, 1.82) is 0 Å². The zero-order valence-electron chi connectivity index (χ0n) is 16.7. The van der Waals surface area contributed by atoms with E-state index >= 15 is 0 Å². The van der Waals surface area contributed by atoms with Gasteiger partial charge in [0, 0.05) is 27.6 Å². The van der Waals surface area contributed by atoms with Gasteiger partial charge < -0.3 is 10.1 Å². The van der Waals surface area contributed by atoms with Crippen LogP contribution in [0.15, 0.2) is 84.0 Å². The van der Waals surface area contributed by atoms with Gasteiger partial charge in [-0.1, -0.05) is 84.0 Å². The number of nitrogens with zero attached hydrogens (tertiary/aromatic N) is 3. The number of carbonyl (C=O) groups is 1. The van der Waals surface area contributed by atoms with Gasteiger partial charge in [-0.05, 0) is 23.8 Å². The Labute approximate surface area is 194 Å². The number of Topliss-reactive ketones (excluding diaryl/α,β-unsaturated/α-hetero) is 1. The molecule has 3 aromatic carbocycles. The van der Waals surface area contributed by atoms with Crippen LogP contribution in [0.1, 0.15) is 15.9 Å². The molecular formula is C24H17ClN4O2S.